The Bertz CT molecular complexity index is 553. The van der Waals surface area contributed by atoms with Crippen molar-refractivity contribution < 1.29 is 18.3 Å². The summed E-state index contributed by atoms with van der Waals surface area (Å²) in [5.41, 5.74) is 2.52. The first-order chi connectivity index (χ1) is 8.36. The summed E-state index contributed by atoms with van der Waals surface area (Å²) in [6, 6.07) is 5.54. The van der Waals surface area contributed by atoms with Crippen molar-refractivity contribution >= 4 is 22.8 Å². The van der Waals surface area contributed by atoms with Crippen LogP contribution in [0.2, 0.25) is 0 Å². The smallest absolute Gasteiger partial charge is 0.383 e. The van der Waals surface area contributed by atoms with E-state index in [9.17, 15) is 13.2 Å². The molecule has 1 atom stereocenters. The first-order valence-electron chi connectivity index (χ1n) is 5.20. The SMILES string of the molecule is Cc1ccc2nc(SCC(O)C(F)(F)F)[nH]c2c1. The number of imidazole rings is 1. The second kappa shape index (κ2) is 4.81. The molecule has 0 aliphatic rings. The van der Waals surface area contributed by atoms with Gasteiger partial charge in [-0.2, -0.15) is 13.2 Å². The van der Waals surface area contributed by atoms with Gasteiger partial charge in [0.1, 0.15) is 0 Å². The second-order valence-electron chi connectivity index (χ2n) is 3.93. The van der Waals surface area contributed by atoms with Crippen molar-refractivity contribution in [3.05, 3.63) is 23.8 Å². The van der Waals surface area contributed by atoms with Gasteiger partial charge in [0, 0.05) is 5.75 Å². The van der Waals surface area contributed by atoms with E-state index in [1.807, 2.05) is 19.1 Å². The lowest BCUT2D eigenvalue weighted by atomic mass is 10.2. The number of rotatable bonds is 3. The summed E-state index contributed by atoms with van der Waals surface area (Å²) < 4.78 is 36.3. The molecule has 0 bridgehead atoms. The van der Waals surface area contributed by atoms with E-state index in [1.54, 1.807) is 6.07 Å². The van der Waals surface area contributed by atoms with Crippen molar-refractivity contribution in [1.82, 2.24) is 9.97 Å². The minimum Gasteiger partial charge on any atom is -0.383 e. The molecule has 0 aliphatic heterocycles. The Morgan fingerprint density at radius 3 is 2.83 bits per heavy atom. The Labute approximate surface area is 105 Å². The average Bonchev–Trinajstić information content (AvgIpc) is 2.66. The van der Waals surface area contributed by atoms with Crippen LogP contribution in [0.3, 0.4) is 0 Å². The molecule has 3 nitrogen and oxygen atoms in total. The summed E-state index contributed by atoms with van der Waals surface area (Å²) in [6.07, 6.45) is -6.92. The number of thioether (sulfide) groups is 1. The van der Waals surface area contributed by atoms with Crippen LogP contribution in [0.15, 0.2) is 23.4 Å². The number of hydrogen-bond acceptors (Lipinski definition) is 3. The molecule has 1 aromatic carbocycles. The van der Waals surface area contributed by atoms with Crippen molar-refractivity contribution in [1.29, 1.82) is 0 Å². The number of aryl methyl sites for hydroxylation is 1. The van der Waals surface area contributed by atoms with Gasteiger partial charge in [0.2, 0.25) is 0 Å². The van der Waals surface area contributed by atoms with Gasteiger partial charge in [-0.05, 0) is 24.6 Å². The van der Waals surface area contributed by atoms with Crippen molar-refractivity contribution in [3.8, 4) is 0 Å². The van der Waals surface area contributed by atoms with Gasteiger partial charge in [0.15, 0.2) is 11.3 Å². The molecule has 1 aromatic heterocycles. The third-order valence-corrected chi connectivity index (χ3v) is 3.32. The number of alkyl halides is 3. The minimum absolute atomic E-state index is 0.374. The first kappa shape index (κ1) is 13.2. The average molecular weight is 276 g/mol. The minimum atomic E-state index is -4.59. The van der Waals surface area contributed by atoms with Gasteiger partial charge in [-0.3, -0.25) is 0 Å². The summed E-state index contributed by atoms with van der Waals surface area (Å²) in [4.78, 5) is 7.05. The number of nitrogens with one attached hydrogen (secondary N) is 1. The molecule has 0 saturated heterocycles. The van der Waals surface area contributed by atoms with Crippen LogP contribution in [0.4, 0.5) is 13.2 Å². The summed E-state index contributed by atoms with van der Waals surface area (Å²) >= 11 is 0.850. The van der Waals surface area contributed by atoms with Gasteiger partial charge in [-0.25, -0.2) is 4.98 Å². The Balaban J connectivity index is 2.09. The predicted molar refractivity (Wildman–Crippen MR) is 63.6 cm³/mol. The fourth-order valence-electron chi connectivity index (χ4n) is 1.42. The molecule has 0 radical (unpaired) electrons. The maximum absolute atomic E-state index is 12.1. The molecule has 0 aliphatic carbocycles. The van der Waals surface area contributed by atoms with E-state index in [-0.39, 0.29) is 0 Å². The molecule has 0 amide bonds. The van der Waals surface area contributed by atoms with Gasteiger partial charge in [-0.15, -0.1) is 0 Å². The van der Waals surface area contributed by atoms with Crippen molar-refractivity contribution in [2.75, 3.05) is 5.75 Å². The third kappa shape index (κ3) is 2.97. The Morgan fingerprint density at radius 1 is 1.44 bits per heavy atom. The number of nitrogens with zero attached hydrogens (tertiary/aromatic N) is 1. The zero-order chi connectivity index (χ0) is 13.3. The number of aliphatic hydroxyl groups is 1. The fraction of sp³-hybridized carbons (Fsp3) is 0.364. The molecule has 18 heavy (non-hydrogen) atoms. The largest absolute Gasteiger partial charge is 0.415 e. The maximum Gasteiger partial charge on any atom is 0.415 e. The lowest BCUT2D eigenvalue weighted by molar-refractivity contribution is -0.195. The van der Waals surface area contributed by atoms with Crippen molar-refractivity contribution in [2.24, 2.45) is 0 Å². The predicted octanol–water partition coefficient (Wildman–Crippen LogP) is 2.89. The molecule has 98 valence electrons. The van der Waals surface area contributed by atoms with Crippen LogP contribution >= 0.6 is 11.8 Å². The summed E-state index contributed by atoms with van der Waals surface area (Å²) in [6.45, 7) is 1.92. The number of halogens is 3. The lowest BCUT2D eigenvalue weighted by Gasteiger charge is -2.12. The Morgan fingerprint density at radius 2 is 2.17 bits per heavy atom. The summed E-state index contributed by atoms with van der Waals surface area (Å²) in [5.74, 6) is -0.470. The highest BCUT2D eigenvalue weighted by atomic mass is 32.2. The number of benzene rings is 1. The molecule has 7 heteroatoms. The number of aromatic amines is 1. The van der Waals surface area contributed by atoms with E-state index in [2.05, 4.69) is 9.97 Å². The standard InChI is InChI=1S/C11H11F3N2OS/c1-6-2-3-7-8(4-6)16-10(15-7)18-5-9(17)11(12,13)14/h2-4,9,17H,5H2,1H3,(H,15,16). The molecule has 1 heterocycles. The van der Waals surface area contributed by atoms with E-state index in [4.69, 9.17) is 5.11 Å². The van der Waals surface area contributed by atoms with Crippen LogP contribution in [0.25, 0.3) is 11.0 Å². The molecular weight excluding hydrogens is 265 g/mol. The number of hydrogen-bond donors (Lipinski definition) is 2. The Hall–Kier alpha value is -1.21. The first-order valence-corrected chi connectivity index (χ1v) is 6.19. The van der Waals surface area contributed by atoms with Gasteiger partial charge in [0.05, 0.1) is 11.0 Å². The second-order valence-corrected chi connectivity index (χ2v) is 4.94. The summed E-state index contributed by atoms with van der Waals surface area (Å²) in [5, 5.41) is 9.25. The van der Waals surface area contributed by atoms with Gasteiger partial charge >= 0.3 is 6.18 Å². The third-order valence-electron chi connectivity index (χ3n) is 2.37. The molecule has 0 fully saturated rings. The van der Waals surface area contributed by atoms with Crippen LogP contribution in [0.5, 0.6) is 0 Å². The highest BCUT2D eigenvalue weighted by Crippen LogP contribution is 2.26. The zero-order valence-corrected chi connectivity index (χ0v) is 10.3. The number of fused-ring (bicyclic) bond motifs is 1. The van der Waals surface area contributed by atoms with E-state index in [1.165, 1.54) is 0 Å². The van der Waals surface area contributed by atoms with E-state index in [0.29, 0.717) is 10.7 Å². The van der Waals surface area contributed by atoms with E-state index in [0.717, 1.165) is 22.8 Å². The van der Waals surface area contributed by atoms with Gasteiger partial charge in [-0.1, -0.05) is 17.8 Å². The molecule has 2 N–H and O–H groups in total. The van der Waals surface area contributed by atoms with Crippen LogP contribution in [-0.4, -0.2) is 33.1 Å². The highest BCUT2D eigenvalue weighted by Gasteiger charge is 2.38. The molecule has 1 unspecified atom stereocenters. The highest BCUT2D eigenvalue weighted by molar-refractivity contribution is 7.99. The van der Waals surface area contributed by atoms with Gasteiger partial charge in [0.25, 0.3) is 0 Å². The Kier molecular flexibility index (Phi) is 3.54. The molecule has 0 saturated carbocycles. The molecule has 0 spiro atoms. The number of aromatic nitrogens is 2. The lowest BCUT2D eigenvalue weighted by Crippen LogP contribution is -2.30. The monoisotopic (exact) mass is 276 g/mol. The fourth-order valence-corrected chi connectivity index (χ4v) is 2.27. The normalized spacial score (nSPS) is 14.1. The topological polar surface area (TPSA) is 48.9 Å². The summed E-state index contributed by atoms with van der Waals surface area (Å²) in [7, 11) is 0. The van der Waals surface area contributed by atoms with Crippen LogP contribution in [-0.2, 0) is 0 Å². The quantitative estimate of drug-likeness (QED) is 0.847. The number of H-pyrrole nitrogens is 1. The van der Waals surface area contributed by atoms with Gasteiger partial charge < -0.3 is 10.1 Å². The van der Waals surface area contributed by atoms with Crippen LogP contribution in [0.1, 0.15) is 5.56 Å². The molecule has 2 aromatic rings. The maximum atomic E-state index is 12.1. The molecular formula is C11H11F3N2OS. The van der Waals surface area contributed by atoms with E-state index >= 15 is 0 Å². The van der Waals surface area contributed by atoms with E-state index < -0.39 is 18.0 Å². The molecule has 2 rings (SSSR count). The van der Waals surface area contributed by atoms with Crippen molar-refractivity contribution in [2.45, 2.75) is 24.4 Å². The van der Waals surface area contributed by atoms with Crippen LogP contribution in [0, 0.1) is 6.92 Å². The zero-order valence-electron chi connectivity index (χ0n) is 9.45. The van der Waals surface area contributed by atoms with Crippen molar-refractivity contribution in [3.63, 3.8) is 0 Å². The number of aliphatic hydroxyl groups excluding tert-OH is 1. The van der Waals surface area contributed by atoms with Crippen LogP contribution < -0.4 is 0 Å².